The standard InChI is InChI=1S/C7H11NO4/c1-6(5-8(10)11)3-4-12-7(2)9/h3H,4-5H2,1-2H3. The van der Waals surface area contributed by atoms with Crippen LogP contribution in [0.25, 0.3) is 0 Å². The molecule has 0 aliphatic rings. The molecule has 0 spiro atoms. The van der Waals surface area contributed by atoms with E-state index in [1.54, 1.807) is 6.92 Å². The van der Waals surface area contributed by atoms with Crippen LogP contribution in [0, 0.1) is 10.1 Å². The number of nitro groups is 1. The van der Waals surface area contributed by atoms with Gasteiger partial charge in [0.1, 0.15) is 6.61 Å². The van der Waals surface area contributed by atoms with Crippen molar-refractivity contribution in [3.8, 4) is 0 Å². The highest BCUT2D eigenvalue weighted by Gasteiger charge is 1.98. The van der Waals surface area contributed by atoms with Crippen molar-refractivity contribution >= 4 is 5.97 Å². The van der Waals surface area contributed by atoms with Crippen LogP contribution in [0.15, 0.2) is 11.6 Å². The van der Waals surface area contributed by atoms with Gasteiger partial charge < -0.3 is 4.74 Å². The minimum atomic E-state index is -0.431. The predicted octanol–water partition coefficient (Wildman–Crippen LogP) is 0.772. The van der Waals surface area contributed by atoms with Crippen LogP contribution in [0.5, 0.6) is 0 Å². The molecule has 0 aromatic rings. The SMILES string of the molecule is CC(=O)OCC=C(C)C[N+](=O)[O-]. The molecule has 0 amide bonds. The van der Waals surface area contributed by atoms with Crippen molar-refractivity contribution in [3.63, 3.8) is 0 Å². The van der Waals surface area contributed by atoms with Crippen LogP contribution in [0.4, 0.5) is 0 Å². The molecule has 0 saturated heterocycles. The van der Waals surface area contributed by atoms with E-state index in [1.165, 1.54) is 13.0 Å². The quantitative estimate of drug-likeness (QED) is 0.272. The van der Waals surface area contributed by atoms with Gasteiger partial charge in [0.2, 0.25) is 6.54 Å². The summed E-state index contributed by atoms with van der Waals surface area (Å²) in [5, 5.41) is 9.96. The molecule has 0 saturated carbocycles. The van der Waals surface area contributed by atoms with Gasteiger partial charge in [0.05, 0.1) is 0 Å². The topological polar surface area (TPSA) is 69.4 Å². The highest BCUT2D eigenvalue weighted by Crippen LogP contribution is 1.92. The molecule has 0 aliphatic carbocycles. The molecule has 0 bridgehead atoms. The zero-order chi connectivity index (χ0) is 9.56. The number of hydrogen-bond acceptors (Lipinski definition) is 4. The van der Waals surface area contributed by atoms with Crippen LogP contribution in [-0.2, 0) is 9.53 Å². The molecule has 0 rings (SSSR count). The first-order valence-corrected chi connectivity index (χ1v) is 3.43. The summed E-state index contributed by atoms with van der Waals surface area (Å²) in [6.45, 7) is 2.80. The number of rotatable bonds is 4. The van der Waals surface area contributed by atoms with E-state index < -0.39 is 4.92 Å². The van der Waals surface area contributed by atoms with E-state index >= 15 is 0 Å². The number of esters is 1. The maximum absolute atomic E-state index is 10.3. The summed E-state index contributed by atoms with van der Waals surface area (Å²) in [4.78, 5) is 19.8. The first-order valence-electron chi connectivity index (χ1n) is 3.43. The normalized spacial score (nSPS) is 11.0. The monoisotopic (exact) mass is 173 g/mol. The van der Waals surface area contributed by atoms with Gasteiger partial charge in [-0.25, -0.2) is 0 Å². The van der Waals surface area contributed by atoms with Crippen LogP contribution < -0.4 is 0 Å². The van der Waals surface area contributed by atoms with E-state index in [2.05, 4.69) is 4.74 Å². The number of hydrogen-bond donors (Lipinski definition) is 0. The summed E-state index contributed by atoms with van der Waals surface area (Å²) in [7, 11) is 0. The Morgan fingerprint density at radius 3 is 2.58 bits per heavy atom. The van der Waals surface area contributed by atoms with Gasteiger partial charge in [0.15, 0.2) is 0 Å². The van der Waals surface area contributed by atoms with E-state index in [1.807, 2.05) is 0 Å². The number of carbonyl (C=O) groups is 1. The molecule has 0 fully saturated rings. The van der Waals surface area contributed by atoms with Gasteiger partial charge in [-0.2, -0.15) is 0 Å². The molecular formula is C7H11NO4. The molecule has 0 aromatic heterocycles. The van der Waals surface area contributed by atoms with E-state index in [-0.39, 0.29) is 19.1 Å². The van der Waals surface area contributed by atoms with Gasteiger partial charge in [0, 0.05) is 11.8 Å². The van der Waals surface area contributed by atoms with Crippen molar-refractivity contribution in [2.45, 2.75) is 13.8 Å². The van der Waals surface area contributed by atoms with Crippen molar-refractivity contribution < 1.29 is 14.5 Å². The molecular weight excluding hydrogens is 162 g/mol. The van der Waals surface area contributed by atoms with Gasteiger partial charge in [-0.1, -0.05) is 0 Å². The molecule has 0 aromatic carbocycles. The third-order valence-corrected chi connectivity index (χ3v) is 1.10. The fourth-order valence-electron chi connectivity index (χ4n) is 0.569. The molecule has 5 nitrogen and oxygen atoms in total. The van der Waals surface area contributed by atoms with Crippen molar-refractivity contribution in [3.05, 3.63) is 21.8 Å². The Labute approximate surface area is 70.2 Å². The van der Waals surface area contributed by atoms with E-state index in [4.69, 9.17) is 0 Å². The number of nitrogens with zero attached hydrogens (tertiary/aromatic N) is 1. The summed E-state index contributed by atoms with van der Waals surface area (Å²) in [5.74, 6) is -0.389. The Hall–Kier alpha value is -1.39. The lowest BCUT2D eigenvalue weighted by Gasteiger charge is -1.96. The fourth-order valence-corrected chi connectivity index (χ4v) is 0.569. The summed E-state index contributed by atoms with van der Waals surface area (Å²) < 4.78 is 4.56. The van der Waals surface area contributed by atoms with Crippen LogP contribution in [-0.4, -0.2) is 24.0 Å². The van der Waals surface area contributed by atoms with Gasteiger partial charge in [-0.3, -0.25) is 14.9 Å². The summed E-state index contributed by atoms with van der Waals surface area (Å²) in [5.41, 5.74) is 0.584. The van der Waals surface area contributed by atoms with Crippen LogP contribution in [0.3, 0.4) is 0 Å². The molecule has 12 heavy (non-hydrogen) atoms. The third kappa shape index (κ3) is 6.73. The minimum absolute atomic E-state index is 0.106. The third-order valence-electron chi connectivity index (χ3n) is 1.10. The maximum Gasteiger partial charge on any atom is 0.302 e. The molecule has 0 aliphatic heterocycles. The lowest BCUT2D eigenvalue weighted by Crippen LogP contribution is -2.04. The predicted molar refractivity (Wildman–Crippen MR) is 42.3 cm³/mol. The minimum Gasteiger partial charge on any atom is -0.462 e. The number of ether oxygens (including phenoxy) is 1. The zero-order valence-electron chi connectivity index (χ0n) is 7.07. The molecule has 0 N–H and O–H groups in total. The molecule has 0 unspecified atom stereocenters. The van der Waals surface area contributed by atoms with Gasteiger partial charge in [-0.05, 0) is 18.6 Å². The molecule has 0 heterocycles. The molecule has 0 atom stereocenters. The van der Waals surface area contributed by atoms with Crippen LogP contribution in [0.1, 0.15) is 13.8 Å². The summed E-state index contributed by atoms with van der Waals surface area (Å²) in [6, 6.07) is 0. The molecule has 0 radical (unpaired) electrons. The fraction of sp³-hybridized carbons (Fsp3) is 0.571. The first kappa shape index (κ1) is 10.6. The first-order chi connectivity index (χ1) is 5.52. The summed E-state index contributed by atoms with van der Waals surface area (Å²) >= 11 is 0. The molecule has 5 heteroatoms. The van der Waals surface area contributed by atoms with Crippen molar-refractivity contribution in [1.82, 2.24) is 0 Å². The Bertz CT molecular complexity index is 209. The lowest BCUT2D eigenvalue weighted by atomic mass is 10.3. The average Bonchev–Trinajstić information content (AvgIpc) is 1.84. The largest absolute Gasteiger partial charge is 0.462 e. The lowest BCUT2D eigenvalue weighted by molar-refractivity contribution is -0.470. The van der Waals surface area contributed by atoms with Crippen LogP contribution in [0.2, 0.25) is 0 Å². The van der Waals surface area contributed by atoms with Gasteiger partial charge >= 0.3 is 5.97 Å². The number of carbonyl (C=O) groups excluding carboxylic acids is 1. The Morgan fingerprint density at radius 1 is 1.58 bits per heavy atom. The van der Waals surface area contributed by atoms with Gasteiger partial charge in [0.25, 0.3) is 0 Å². The van der Waals surface area contributed by atoms with E-state index in [0.717, 1.165) is 0 Å². The van der Waals surface area contributed by atoms with Gasteiger partial charge in [-0.15, -0.1) is 0 Å². The molecule has 68 valence electrons. The summed E-state index contributed by atoms with van der Waals surface area (Å²) in [6.07, 6.45) is 1.52. The smallest absolute Gasteiger partial charge is 0.302 e. The van der Waals surface area contributed by atoms with Crippen molar-refractivity contribution in [1.29, 1.82) is 0 Å². The van der Waals surface area contributed by atoms with Crippen molar-refractivity contribution in [2.75, 3.05) is 13.2 Å². The average molecular weight is 173 g/mol. The second-order valence-electron chi connectivity index (χ2n) is 2.34. The Kier molecular flexibility index (Phi) is 4.67. The second kappa shape index (κ2) is 5.29. The van der Waals surface area contributed by atoms with E-state index in [0.29, 0.717) is 5.57 Å². The highest BCUT2D eigenvalue weighted by molar-refractivity contribution is 5.66. The van der Waals surface area contributed by atoms with Crippen molar-refractivity contribution in [2.24, 2.45) is 0 Å². The van der Waals surface area contributed by atoms with Crippen LogP contribution >= 0.6 is 0 Å². The highest BCUT2D eigenvalue weighted by atomic mass is 16.6. The second-order valence-corrected chi connectivity index (χ2v) is 2.34. The Balaban J connectivity index is 3.69. The van der Waals surface area contributed by atoms with E-state index in [9.17, 15) is 14.9 Å². The maximum atomic E-state index is 10.3. The zero-order valence-corrected chi connectivity index (χ0v) is 7.07. The Morgan fingerprint density at radius 2 is 2.17 bits per heavy atom.